The molecule has 0 aliphatic carbocycles. The molecule has 1 amide bonds. The summed E-state index contributed by atoms with van der Waals surface area (Å²) in [6.45, 7) is 3.85. The van der Waals surface area contributed by atoms with Gasteiger partial charge in [0.1, 0.15) is 0 Å². The number of para-hydroxylation sites is 1. The van der Waals surface area contributed by atoms with Crippen molar-refractivity contribution >= 4 is 55.9 Å². The highest BCUT2D eigenvalue weighted by Gasteiger charge is 2.21. The van der Waals surface area contributed by atoms with E-state index in [0.29, 0.717) is 27.7 Å². The SMILES string of the molecule is CC[C@@H](Sc1cc(C)c2cc(S(=O)(=O)N(C)C)ccc2n1)C(=O)Nc1ccccc1Cl. The van der Waals surface area contributed by atoms with Crippen LogP contribution in [0.25, 0.3) is 10.9 Å². The third-order valence-corrected chi connectivity index (χ3v) is 8.22. The minimum absolute atomic E-state index is 0.146. The van der Waals surface area contributed by atoms with Gasteiger partial charge >= 0.3 is 0 Å². The van der Waals surface area contributed by atoms with E-state index in [1.54, 1.807) is 36.4 Å². The van der Waals surface area contributed by atoms with Gasteiger partial charge in [0.2, 0.25) is 15.9 Å². The van der Waals surface area contributed by atoms with Gasteiger partial charge < -0.3 is 5.32 Å². The average Bonchev–Trinajstić information content (AvgIpc) is 2.73. The summed E-state index contributed by atoms with van der Waals surface area (Å²) in [5, 5.41) is 4.48. The zero-order valence-corrected chi connectivity index (χ0v) is 20.1. The number of carbonyl (C=O) groups excluding carboxylic acids is 1. The number of sulfonamides is 1. The standard InChI is InChI=1S/C22H24ClN3O3S2/c1-5-20(22(27)25-19-9-7-6-8-17(19)23)30-21-12-14(2)16-13-15(10-11-18(16)24-21)31(28,29)26(3)4/h6-13,20H,5H2,1-4H3,(H,25,27)/t20-/m1/s1. The van der Waals surface area contributed by atoms with Gasteiger partial charge in [0, 0.05) is 19.5 Å². The van der Waals surface area contributed by atoms with Gasteiger partial charge in [0.05, 0.1) is 31.4 Å². The van der Waals surface area contributed by atoms with Crippen LogP contribution in [0.4, 0.5) is 5.69 Å². The molecule has 31 heavy (non-hydrogen) atoms. The van der Waals surface area contributed by atoms with E-state index in [1.165, 1.54) is 30.2 Å². The van der Waals surface area contributed by atoms with Crippen molar-refractivity contribution in [2.75, 3.05) is 19.4 Å². The van der Waals surface area contributed by atoms with Crippen molar-refractivity contribution in [3.63, 3.8) is 0 Å². The van der Waals surface area contributed by atoms with Crippen LogP contribution in [0, 0.1) is 6.92 Å². The Labute approximate surface area is 192 Å². The number of thioether (sulfide) groups is 1. The molecule has 0 fully saturated rings. The molecule has 3 rings (SSSR count). The fourth-order valence-electron chi connectivity index (χ4n) is 3.02. The van der Waals surface area contributed by atoms with E-state index in [4.69, 9.17) is 11.6 Å². The summed E-state index contributed by atoms with van der Waals surface area (Å²) in [5.41, 5.74) is 2.15. The van der Waals surface area contributed by atoms with Crippen LogP contribution in [-0.2, 0) is 14.8 Å². The van der Waals surface area contributed by atoms with Crippen LogP contribution >= 0.6 is 23.4 Å². The fourth-order valence-corrected chi connectivity index (χ4v) is 5.15. The second kappa shape index (κ2) is 9.56. The predicted octanol–water partition coefficient (Wildman–Crippen LogP) is 4.96. The van der Waals surface area contributed by atoms with Crippen LogP contribution in [0.1, 0.15) is 18.9 Å². The number of aromatic nitrogens is 1. The lowest BCUT2D eigenvalue weighted by Crippen LogP contribution is -2.24. The molecule has 3 aromatic rings. The third kappa shape index (κ3) is 5.20. The van der Waals surface area contributed by atoms with Crippen molar-refractivity contribution in [3.8, 4) is 0 Å². The summed E-state index contributed by atoms with van der Waals surface area (Å²) in [6.07, 6.45) is 0.611. The Balaban J connectivity index is 1.87. The molecule has 2 aromatic carbocycles. The first-order valence-corrected chi connectivity index (χ1v) is 12.4. The maximum Gasteiger partial charge on any atom is 0.242 e. The molecule has 164 valence electrons. The van der Waals surface area contributed by atoms with Crippen molar-refractivity contribution in [2.45, 2.75) is 35.4 Å². The van der Waals surface area contributed by atoms with Gasteiger partial charge in [-0.25, -0.2) is 17.7 Å². The number of fused-ring (bicyclic) bond motifs is 1. The summed E-state index contributed by atoms with van der Waals surface area (Å²) < 4.78 is 26.1. The number of anilines is 1. The second-order valence-electron chi connectivity index (χ2n) is 7.23. The monoisotopic (exact) mass is 477 g/mol. The normalized spacial score (nSPS) is 12.8. The summed E-state index contributed by atoms with van der Waals surface area (Å²) in [7, 11) is -0.520. The van der Waals surface area contributed by atoms with Crippen molar-refractivity contribution in [1.82, 2.24) is 9.29 Å². The quantitative estimate of drug-likeness (QED) is 0.487. The number of hydrogen-bond acceptors (Lipinski definition) is 5. The Morgan fingerprint density at radius 2 is 1.90 bits per heavy atom. The van der Waals surface area contributed by atoms with E-state index in [9.17, 15) is 13.2 Å². The number of halogens is 1. The minimum Gasteiger partial charge on any atom is -0.324 e. The van der Waals surface area contributed by atoms with E-state index in [-0.39, 0.29) is 16.1 Å². The number of rotatable bonds is 7. The molecule has 0 spiro atoms. The number of pyridine rings is 1. The van der Waals surface area contributed by atoms with E-state index in [2.05, 4.69) is 10.3 Å². The second-order valence-corrected chi connectivity index (χ2v) is 11.0. The molecule has 0 bridgehead atoms. The predicted molar refractivity (Wildman–Crippen MR) is 127 cm³/mol. The lowest BCUT2D eigenvalue weighted by molar-refractivity contribution is -0.115. The Morgan fingerprint density at radius 1 is 1.19 bits per heavy atom. The summed E-state index contributed by atoms with van der Waals surface area (Å²) in [4.78, 5) is 17.6. The third-order valence-electron chi connectivity index (χ3n) is 4.80. The van der Waals surface area contributed by atoms with Crippen molar-refractivity contribution < 1.29 is 13.2 Å². The molecule has 1 heterocycles. The number of aryl methyl sites for hydroxylation is 1. The van der Waals surface area contributed by atoms with Gasteiger partial charge in [-0.3, -0.25) is 4.79 Å². The molecule has 0 aliphatic rings. The van der Waals surface area contributed by atoms with Gasteiger partial charge in [-0.2, -0.15) is 0 Å². The van der Waals surface area contributed by atoms with Crippen LogP contribution in [0.3, 0.4) is 0 Å². The van der Waals surface area contributed by atoms with E-state index in [0.717, 1.165) is 10.9 Å². The average molecular weight is 478 g/mol. The topological polar surface area (TPSA) is 79.4 Å². The fraction of sp³-hybridized carbons (Fsp3) is 0.273. The number of nitrogens with zero attached hydrogens (tertiary/aromatic N) is 2. The summed E-state index contributed by atoms with van der Waals surface area (Å²) in [5.74, 6) is -0.146. The number of benzene rings is 2. The molecule has 1 aromatic heterocycles. The lowest BCUT2D eigenvalue weighted by atomic mass is 10.1. The first-order valence-electron chi connectivity index (χ1n) is 9.69. The zero-order chi connectivity index (χ0) is 22.8. The van der Waals surface area contributed by atoms with Crippen LogP contribution in [0.5, 0.6) is 0 Å². The van der Waals surface area contributed by atoms with Crippen molar-refractivity contribution in [3.05, 3.63) is 59.1 Å². The van der Waals surface area contributed by atoms with Gasteiger partial charge in [-0.15, -0.1) is 0 Å². The van der Waals surface area contributed by atoms with Gasteiger partial charge in [0.15, 0.2) is 0 Å². The van der Waals surface area contributed by atoms with Gasteiger partial charge in [-0.1, -0.05) is 42.4 Å². The minimum atomic E-state index is -3.53. The van der Waals surface area contributed by atoms with E-state index < -0.39 is 10.0 Å². The van der Waals surface area contributed by atoms with Crippen LogP contribution in [0.2, 0.25) is 5.02 Å². The Bertz CT molecular complexity index is 1230. The Morgan fingerprint density at radius 3 is 2.55 bits per heavy atom. The van der Waals surface area contributed by atoms with Gasteiger partial charge in [0.25, 0.3) is 0 Å². The molecule has 0 radical (unpaired) electrons. The summed E-state index contributed by atoms with van der Waals surface area (Å²) >= 11 is 7.52. The Kier molecular flexibility index (Phi) is 7.26. The molecule has 0 unspecified atom stereocenters. The number of amides is 1. The maximum atomic E-state index is 12.8. The van der Waals surface area contributed by atoms with Gasteiger partial charge in [-0.05, 0) is 55.3 Å². The molecule has 0 saturated heterocycles. The number of hydrogen-bond donors (Lipinski definition) is 1. The molecule has 6 nitrogen and oxygen atoms in total. The highest BCUT2D eigenvalue weighted by molar-refractivity contribution is 8.00. The lowest BCUT2D eigenvalue weighted by Gasteiger charge is -2.16. The molecular formula is C22H24ClN3O3S2. The van der Waals surface area contributed by atoms with Crippen molar-refractivity contribution in [2.24, 2.45) is 0 Å². The van der Waals surface area contributed by atoms with E-state index >= 15 is 0 Å². The molecule has 1 N–H and O–H groups in total. The smallest absolute Gasteiger partial charge is 0.242 e. The molecule has 0 aliphatic heterocycles. The number of carbonyl (C=O) groups is 1. The zero-order valence-electron chi connectivity index (χ0n) is 17.7. The highest BCUT2D eigenvalue weighted by atomic mass is 35.5. The molecule has 1 atom stereocenters. The van der Waals surface area contributed by atoms with Crippen LogP contribution in [-0.4, -0.2) is 43.0 Å². The van der Waals surface area contributed by atoms with Crippen LogP contribution < -0.4 is 5.32 Å². The first kappa shape index (κ1) is 23.5. The maximum absolute atomic E-state index is 12.8. The summed E-state index contributed by atoms with van der Waals surface area (Å²) in [6, 6.07) is 13.9. The number of nitrogens with one attached hydrogen (secondary N) is 1. The molecule has 9 heteroatoms. The molecular weight excluding hydrogens is 454 g/mol. The first-order chi connectivity index (χ1) is 14.6. The largest absolute Gasteiger partial charge is 0.324 e. The molecule has 0 saturated carbocycles. The Hall–Kier alpha value is -2.13. The van der Waals surface area contributed by atoms with Crippen molar-refractivity contribution in [1.29, 1.82) is 0 Å². The van der Waals surface area contributed by atoms with Crippen LogP contribution in [0.15, 0.2) is 58.5 Å². The van der Waals surface area contributed by atoms with E-state index in [1.807, 2.05) is 26.0 Å². The highest BCUT2D eigenvalue weighted by Crippen LogP contribution is 2.31.